The lowest BCUT2D eigenvalue weighted by molar-refractivity contribution is -0.138. The summed E-state index contributed by atoms with van der Waals surface area (Å²) in [4.78, 5) is 55.0. The van der Waals surface area contributed by atoms with Crippen LogP contribution in [0.2, 0.25) is 0 Å². The van der Waals surface area contributed by atoms with Crippen LogP contribution < -0.4 is 5.32 Å². The zero-order valence-corrected chi connectivity index (χ0v) is 23.0. The summed E-state index contributed by atoms with van der Waals surface area (Å²) in [5.41, 5.74) is 1.30. The number of carbonyl (C=O) groups is 4. The van der Waals surface area contributed by atoms with Crippen LogP contribution in [0, 0.1) is 18.6 Å². The Bertz CT molecular complexity index is 1450. The Morgan fingerprint density at radius 3 is 2.15 bits per heavy atom. The molecular formula is C29H26BrF2N3O5. The lowest BCUT2D eigenvalue weighted by Gasteiger charge is -2.43. The van der Waals surface area contributed by atoms with E-state index in [9.17, 15) is 33.1 Å². The van der Waals surface area contributed by atoms with Crippen molar-refractivity contribution in [2.24, 2.45) is 0 Å². The number of rotatable bonds is 7. The lowest BCUT2D eigenvalue weighted by Crippen LogP contribution is -2.63. The average Bonchev–Trinajstić information content (AvgIpc) is 2.90. The number of carbonyl (C=O) groups excluding carboxylic acids is 3. The molecule has 3 amide bonds. The molecule has 3 aromatic rings. The summed E-state index contributed by atoms with van der Waals surface area (Å²) >= 11 is 3.32. The SMILES string of the molecule is Cc1cccc(C(CC(=O)O)NC(=O)C2N(C(=O)c3cc(F)cc(F)c3)CCCN2C(=O)c2cccc(Br)c2)c1. The molecule has 2 atom stereocenters. The lowest BCUT2D eigenvalue weighted by atomic mass is 10.0. The minimum atomic E-state index is -1.51. The number of hydrogen-bond acceptors (Lipinski definition) is 4. The Morgan fingerprint density at radius 2 is 1.55 bits per heavy atom. The van der Waals surface area contributed by atoms with Crippen LogP contribution in [-0.4, -0.2) is 57.9 Å². The fraction of sp³-hybridized carbons (Fsp3) is 0.241. The van der Waals surface area contributed by atoms with Gasteiger partial charge in [-0.25, -0.2) is 8.78 Å². The molecule has 0 aromatic heterocycles. The van der Waals surface area contributed by atoms with Gasteiger partial charge in [0.15, 0.2) is 6.17 Å². The van der Waals surface area contributed by atoms with E-state index in [1.165, 1.54) is 4.90 Å². The van der Waals surface area contributed by atoms with Crippen molar-refractivity contribution in [2.75, 3.05) is 13.1 Å². The molecule has 0 aliphatic carbocycles. The molecule has 8 nitrogen and oxygen atoms in total. The molecule has 11 heteroatoms. The van der Waals surface area contributed by atoms with Crippen molar-refractivity contribution in [2.45, 2.75) is 32.0 Å². The third kappa shape index (κ3) is 6.71. The third-order valence-electron chi connectivity index (χ3n) is 6.47. The van der Waals surface area contributed by atoms with Gasteiger partial charge in [0.05, 0.1) is 12.5 Å². The van der Waals surface area contributed by atoms with Crippen LogP contribution in [0.5, 0.6) is 0 Å². The zero-order valence-electron chi connectivity index (χ0n) is 21.4. The quantitative estimate of drug-likeness (QED) is 0.402. The molecule has 40 heavy (non-hydrogen) atoms. The van der Waals surface area contributed by atoms with E-state index in [1.54, 1.807) is 42.5 Å². The first-order valence-corrected chi connectivity index (χ1v) is 13.2. The molecule has 1 saturated heterocycles. The van der Waals surface area contributed by atoms with Crippen molar-refractivity contribution >= 4 is 39.6 Å². The number of halogens is 3. The van der Waals surface area contributed by atoms with E-state index in [4.69, 9.17) is 0 Å². The van der Waals surface area contributed by atoms with Gasteiger partial charge < -0.3 is 20.2 Å². The Morgan fingerprint density at radius 1 is 0.925 bits per heavy atom. The molecule has 1 aliphatic rings. The third-order valence-corrected chi connectivity index (χ3v) is 6.96. The molecular weight excluding hydrogens is 588 g/mol. The number of aryl methyl sites for hydroxylation is 1. The number of nitrogens with zero attached hydrogens (tertiary/aromatic N) is 2. The fourth-order valence-electron chi connectivity index (χ4n) is 4.72. The Hall–Kier alpha value is -4.12. The second-order valence-corrected chi connectivity index (χ2v) is 10.4. The molecule has 3 aromatic carbocycles. The maximum absolute atomic E-state index is 14.0. The van der Waals surface area contributed by atoms with E-state index in [0.29, 0.717) is 22.5 Å². The molecule has 4 rings (SSSR count). The van der Waals surface area contributed by atoms with Crippen molar-refractivity contribution in [3.63, 3.8) is 0 Å². The highest BCUT2D eigenvalue weighted by atomic mass is 79.9. The summed E-state index contributed by atoms with van der Waals surface area (Å²) in [6.45, 7) is 1.95. The van der Waals surface area contributed by atoms with Crippen molar-refractivity contribution in [1.82, 2.24) is 15.1 Å². The topological polar surface area (TPSA) is 107 Å². The van der Waals surface area contributed by atoms with Gasteiger partial charge in [-0.15, -0.1) is 0 Å². The number of amides is 3. The number of carboxylic acid groups (broad SMARTS) is 1. The second-order valence-electron chi connectivity index (χ2n) is 9.47. The molecule has 1 aliphatic heterocycles. The van der Waals surface area contributed by atoms with Gasteiger partial charge in [0.25, 0.3) is 17.7 Å². The first-order valence-electron chi connectivity index (χ1n) is 12.5. The number of carboxylic acids is 1. The first-order chi connectivity index (χ1) is 19.0. The minimum absolute atomic E-state index is 0.0192. The molecule has 1 heterocycles. The van der Waals surface area contributed by atoms with Crippen LogP contribution in [0.1, 0.15) is 50.7 Å². The van der Waals surface area contributed by atoms with E-state index in [-0.39, 0.29) is 24.2 Å². The number of benzene rings is 3. The van der Waals surface area contributed by atoms with Crippen LogP contribution in [0.3, 0.4) is 0 Å². The predicted octanol–water partition coefficient (Wildman–Crippen LogP) is 4.68. The van der Waals surface area contributed by atoms with Gasteiger partial charge in [-0.2, -0.15) is 0 Å². The van der Waals surface area contributed by atoms with Gasteiger partial charge in [0.1, 0.15) is 11.6 Å². The summed E-state index contributed by atoms with van der Waals surface area (Å²) in [5.74, 6) is -5.30. The van der Waals surface area contributed by atoms with Gasteiger partial charge in [0.2, 0.25) is 0 Å². The van der Waals surface area contributed by atoms with E-state index >= 15 is 0 Å². The summed E-state index contributed by atoms with van der Waals surface area (Å²) in [6.07, 6.45) is -1.67. The highest BCUT2D eigenvalue weighted by Crippen LogP contribution is 2.25. The molecule has 0 radical (unpaired) electrons. The van der Waals surface area contributed by atoms with Crippen LogP contribution in [0.15, 0.2) is 71.2 Å². The molecule has 0 spiro atoms. The summed E-state index contributed by atoms with van der Waals surface area (Å²) < 4.78 is 28.6. The second kappa shape index (κ2) is 12.4. The smallest absolute Gasteiger partial charge is 0.305 e. The number of hydrogen-bond donors (Lipinski definition) is 2. The van der Waals surface area contributed by atoms with E-state index in [2.05, 4.69) is 21.2 Å². The molecule has 0 saturated carbocycles. The van der Waals surface area contributed by atoms with Crippen molar-refractivity contribution in [3.05, 3.63) is 105 Å². The largest absolute Gasteiger partial charge is 0.481 e. The summed E-state index contributed by atoms with van der Waals surface area (Å²) in [5, 5.41) is 12.2. The van der Waals surface area contributed by atoms with Crippen LogP contribution in [0.4, 0.5) is 8.78 Å². The average molecular weight is 614 g/mol. The van der Waals surface area contributed by atoms with Gasteiger partial charge in [-0.1, -0.05) is 51.8 Å². The molecule has 208 valence electrons. The maximum atomic E-state index is 14.0. The molecule has 1 fully saturated rings. The molecule has 2 N–H and O–H groups in total. The maximum Gasteiger partial charge on any atom is 0.305 e. The van der Waals surface area contributed by atoms with Gasteiger partial charge in [-0.3, -0.25) is 19.2 Å². The fourth-order valence-corrected chi connectivity index (χ4v) is 5.12. The molecule has 2 unspecified atom stereocenters. The number of aliphatic carboxylic acids is 1. The van der Waals surface area contributed by atoms with Crippen molar-refractivity contribution in [3.8, 4) is 0 Å². The monoisotopic (exact) mass is 613 g/mol. The highest BCUT2D eigenvalue weighted by Gasteiger charge is 2.42. The Balaban J connectivity index is 1.74. The summed E-state index contributed by atoms with van der Waals surface area (Å²) in [6, 6.07) is 14.8. The summed E-state index contributed by atoms with van der Waals surface area (Å²) in [7, 11) is 0. The van der Waals surface area contributed by atoms with Crippen molar-refractivity contribution < 1.29 is 33.1 Å². The first kappa shape index (κ1) is 28.9. The Kier molecular flexibility index (Phi) is 8.93. The van der Waals surface area contributed by atoms with E-state index < -0.39 is 54.0 Å². The van der Waals surface area contributed by atoms with E-state index in [0.717, 1.165) is 22.6 Å². The molecule has 0 bridgehead atoms. The minimum Gasteiger partial charge on any atom is -0.481 e. The zero-order chi connectivity index (χ0) is 29.0. The Labute approximate surface area is 237 Å². The van der Waals surface area contributed by atoms with Crippen LogP contribution in [0.25, 0.3) is 0 Å². The van der Waals surface area contributed by atoms with E-state index in [1.807, 2.05) is 13.0 Å². The normalized spacial score (nSPS) is 15.8. The predicted molar refractivity (Wildman–Crippen MR) is 145 cm³/mol. The van der Waals surface area contributed by atoms with Crippen LogP contribution >= 0.6 is 15.9 Å². The van der Waals surface area contributed by atoms with Gasteiger partial charge >= 0.3 is 5.97 Å². The highest BCUT2D eigenvalue weighted by molar-refractivity contribution is 9.10. The van der Waals surface area contributed by atoms with Crippen LogP contribution in [-0.2, 0) is 9.59 Å². The van der Waals surface area contributed by atoms with Gasteiger partial charge in [-0.05, 0) is 49.2 Å². The standard InChI is InChI=1S/C29H26BrF2N3O5/c1-17-5-2-6-18(11-17)24(16-25(36)37)33-26(38)27-34(28(39)19-7-3-8-21(30)12-19)9-4-10-35(27)29(40)20-13-22(31)15-23(32)14-20/h2-3,5-8,11-15,24,27H,4,9-10,16H2,1H3,(H,33,38)(H,36,37). The van der Waals surface area contributed by atoms with Crippen molar-refractivity contribution in [1.29, 1.82) is 0 Å². The number of nitrogens with one attached hydrogen (secondary N) is 1. The van der Waals surface area contributed by atoms with Gasteiger partial charge in [0, 0.05) is 34.8 Å².